The van der Waals surface area contributed by atoms with Crippen molar-refractivity contribution in [1.29, 1.82) is 0 Å². The average molecular weight is 183 g/mol. The Bertz CT molecular complexity index is 229. The summed E-state index contributed by atoms with van der Waals surface area (Å²) in [5.74, 6) is 0.796. The summed E-state index contributed by atoms with van der Waals surface area (Å²) in [5, 5.41) is 12.1. The van der Waals surface area contributed by atoms with Gasteiger partial charge in [0.25, 0.3) is 0 Å². The van der Waals surface area contributed by atoms with E-state index in [1.807, 2.05) is 7.05 Å². The van der Waals surface area contributed by atoms with E-state index in [0.29, 0.717) is 12.3 Å². The van der Waals surface area contributed by atoms with Gasteiger partial charge >= 0.3 is 5.97 Å². The van der Waals surface area contributed by atoms with E-state index in [0.717, 1.165) is 12.3 Å². The van der Waals surface area contributed by atoms with Crippen molar-refractivity contribution >= 4 is 5.97 Å². The minimum Gasteiger partial charge on any atom is -0.481 e. The number of hydrogen-bond acceptors (Lipinski definition) is 2. The Balaban J connectivity index is 2.09. The number of carboxylic acid groups (broad SMARTS) is 1. The van der Waals surface area contributed by atoms with E-state index in [-0.39, 0.29) is 5.54 Å². The first kappa shape index (κ1) is 9.00. The monoisotopic (exact) mass is 183 g/mol. The van der Waals surface area contributed by atoms with E-state index in [4.69, 9.17) is 5.11 Å². The van der Waals surface area contributed by atoms with Crippen molar-refractivity contribution in [2.45, 2.75) is 37.6 Å². The number of fused-ring (bicyclic) bond motifs is 1. The first-order chi connectivity index (χ1) is 6.18. The quantitative estimate of drug-likeness (QED) is 0.692. The molecule has 0 saturated heterocycles. The average Bonchev–Trinajstić information content (AvgIpc) is 2.83. The summed E-state index contributed by atoms with van der Waals surface area (Å²) in [7, 11) is 1.91. The maximum atomic E-state index is 10.8. The maximum absolute atomic E-state index is 10.8. The lowest BCUT2D eigenvalue weighted by atomic mass is 9.79. The molecule has 74 valence electrons. The third kappa shape index (κ3) is 1.46. The molecule has 0 aliphatic heterocycles. The van der Waals surface area contributed by atoms with Crippen molar-refractivity contribution in [2.24, 2.45) is 11.8 Å². The molecule has 3 heteroatoms. The largest absolute Gasteiger partial charge is 0.481 e. The van der Waals surface area contributed by atoms with Crippen LogP contribution in [0.2, 0.25) is 0 Å². The highest BCUT2D eigenvalue weighted by atomic mass is 16.4. The second kappa shape index (κ2) is 2.98. The van der Waals surface area contributed by atoms with Crippen LogP contribution in [0.25, 0.3) is 0 Å². The van der Waals surface area contributed by atoms with Crippen LogP contribution in [-0.4, -0.2) is 23.7 Å². The van der Waals surface area contributed by atoms with Crippen molar-refractivity contribution in [3.8, 4) is 0 Å². The minimum absolute atomic E-state index is 0.0747. The molecule has 3 nitrogen and oxygen atoms in total. The lowest BCUT2D eigenvalue weighted by Crippen LogP contribution is -2.48. The molecule has 13 heavy (non-hydrogen) atoms. The number of nitrogens with one attached hydrogen (secondary N) is 1. The molecule has 2 saturated carbocycles. The van der Waals surface area contributed by atoms with Crippen molar-refractivity contribution < 1.29 is 9.90 Å². The SMILES string of the molecule is CNC1(CC(=O)O)CCCC2CC21. The van der Waals surface area contributed by atoms with E-state index in [1.165, 1.54) is 19.3 Å². The molecule has 0 aromatic heterocycles. The van der Waals surface area contributed by atoms with E-state index in [1.54, 1.807) is 0 Å². The van der Waals surface area contributed by atoms with E-state index in [2.05, 4.69) is 5.32 Å². The van der Waals surface area contributed by atoms with Gasteiger partial charge in [0.2, 0.25) is 0 Å². The first-order valence-corrected chi connectivity index (χ1v) is 5.09. The van der Waals surface area contributed by atoms with Gasteiger partial charge in [0.1, 0.15) is 0 Å². The number of carboxylic acids is 1. The van der Waals surface area contributed by atoms with Gasteiger partial charge in [-0.05, 0) is 31.7 Å². The normalized spacial score (nSPS) is 42.5. The van der Waals surface area contributed by atoms with Crippen LogP contribution >= 0.6 is 0 Å². The van der Waals surface area contributed by atoms with Crippen LogP contribution in [0.15, 0.2) is 0 Å². The fourth-order valence-electron chi connectivity index (χ4n) is 3.00. The molecule has 0 amide bonds. The van der Waals surface area contributed by atoms with Crippen molar-refractivity contribution in [1.82, 2.24) is 5.32 Å². The third-order valence-corrected chi connectivity index (χ3v) is 3.79. The van der Waals surface area contributed by atoms with E-state index in [9.17, 15) is 4.79 Å². The smallest absolute Gasteiger partial charge is 0.305 e. The second-order valence-corrected chi connectivity index (χ2v) is 4.47. The van der Waals surface area contributed by atoms with Gasteiger partial charge in [-0.3, -0.25) is 4.79 Å². The Morgan fingerprint density at radius 1 is 1.69 bits per heavy atom. The van der Waals surface area contributed by atoms with Gasteiger partial charge in [0, 0.05) is 5.54 Å². The summed E-state index contributed by atoms with van der Waals surface area (Å²) in [6, 6.07) is 0. The summed E-state index contributed by atoms with van der Waals surface area (Å²) in [4.78, 5) is 10.8. The zero-order valence-corrected chi connectivity index (χ0v) is 8.05. The molecule has 0 spiro atoms. The van der Waals surface area contributed by atoms with Crippen molar-refractivity contribution in [3.05, 3.63) is 0 Å². The second-order valence-electron chi connectivity index (χ2n) is 4.47. The highest BCUT2D eigenvalue weighted by Crippen LogP contribution is 2.55. The van der Waals surface area contributed by atoms with Gasteiger partial charge < -0.3 is 10.4 Å². The Kier molecular flexibility index (Phi) is 2.06. The number of aliphatic carboxylic acids is 1. The van der Waals surface area contributed by atoms with Gasteiger partial charge in [0.05, 0.1) is 6.42 Å². The molecule has 0 aromatic rings. The zero-order chi connectivity index (χ0) is 9.47. The molecular weight excluding hydrogens is 166 g/mol. The van der Waals surface area contributed by atoms with Gasteiger partial charge in [-0.15, -0.1) is 0 Å². The topological polar surface area (TPSA) is 49.3 Å². The molecule has 2 fully saturated rings. The standard InChI is InChI=1S/C10H17NO2/c1-11-10(6-9(12)13)4-2-3-7-5-8(7)10/h7-8,11H,2-6H2,1H3,(H,12,13). The van der Waals surface area contributed by atoms with Crippen LogP contribution in [-0.2, 0) is 4.79 Å². The highest BCUT2D eigenvalue weighted by Gasteiger charge is 2.54. The molecule has 2 aliphatic carbocycles. The molecule has 2 N–H and O–H groups in total. The zero-order valence-electron chi connectivity index (χ0n) is 8.05. The van der Waals surface area contributed by atoms with Gasteiger partial charge in [-0.1, -0.05) is 12.8 Å². The Hall–Kier alpha value is -0.570. The lowest BCUT2D eigenvalue weighted by Gasteiger charge is -2.36. The molecule has 0 radical (unpaired) electrons. The van der Waals surface area contributed by atoms with Crippen LogP contribution in [0.3, 0.4) is 0 Å². The number of hydrogen-bond donors (Lipinski definition) is 2. The van der Waals surface area contributed by atoms with Gasteiger partial charge in [0.15, 0.2) is 0 Å². The molecular formula is C10H17NO2. The first-order valence-electron chi connectivity index (χ1n) is 5.09. The van der Waals surface area contributed by atoms with Gasteiger partial charge in [-0.25, -0.2) is 0 Å². The number of carbonyl (C=O) groups is 1. The molecule has 0 bridgehead atoms. The van der Waals surface area contributed by atoms with E-state index < -0.39 is 5.97 Å². The fourth-order valence-corrected chi connectivity index (χ4v) is 3.00. The molecule has 3 atom stereocenters. The van der Waals surface area contributed by atoms with Crippen molar-refractivity contribution in [2.75, 3.05) is 7.05 Å². The Morgan fingerprint density at radius 3 is 3.08 bits per heavy atom. The molecule has 2 aliphatic rings. The molecule has 0 aromatic carbocycles. The summed E-state index contributed by atoms with van der Waals surface area (Å²) >= 11 is 0. The third-order valence-electron chi connectivity index (χ3n) is 3.79. The molecule has 0 heterocycles. The van der Waals surface area contributed by atoms with Crippen LogP contribution in [0.1, 0.15) is 32.1 Å². The van der Waals surface area contributed by atoms with Crippen LogP contribution in [0.5, 0.6) is 0 Å². The fraction of sp³-hybridized carbons (Fsp3) is 0.900. The van der Waals surface area contributed by atoms with E-state index >= 15 is 0 Å². The Labute approximate surface area is 78.5 Å². The molecule has 3 unspecified atom stereocenters. The highest BCUT2D eigenvalue weighted by molar-refractivity contribution is 5.68. The number of rotatable bonds is 3. The predicted molar refractivity (Wildman–Crippen MR) is 49.5 cm³/mol. The summed E-state index contributed by atoms with van der Waals surface area (Å²) in [5.41, 5.74) is -0.0747. The van der Waals surface area contributed by atoms with Crippen LogP contribution in [0, 0.1) is 11.8 Å². The summed E-state index contributed by atoms with van der Waals surface area (Å²) in [6.45, 7) is 0. The lowest BCUT2D eigenvalue weighted by molar-refractivity contribution is -0.139. The van der Waals surface area contributed by atoms with Crippen molar-refractivity contribution in [3.63, 3.8) is 0 Å². The summed E-state index contributed by atoms with van der Waals surface area (Å²) in [6.07, 6.45) is 5.08. The van der Waals surface area contributed by atoms with Crippen LogP contribution < -0.4 is 5.32 Å². The minimum atomic E-state index is -0.665. The predicted octanol–water partition coefficient (Wildman–Crippen LogP) is 1.24. The maximum Gasteiger partial charge on any atom is 0.305 e. The Morgan fingerprint density at radius 2 is 2.46 bits per heavy atom. The van der Waals surface area contributed by atoms with Gasteiger partial charge in [-0.2, -0.15) is 0 Å². The van der Waals surface area contributed by atoms with Crippen LogP contribution in [0.4, 0.5) is 0 Å². The molecule has 2 rings (SSSR count). The summed E-state index contributed by atoms with van der Waals surface area (Å²) < 4.78 is 0.